The molecule has 0 fully saturated rings. The minimum absolute atomic E-state index is 0.0767. The largest absolute Gasteiger partial charge is 0.496 e. The van der Waals surface area contributed by atoms with Crippen molar-refractivity contribution < 1.29 is 22.3 Å². The Labute approximate surface area is 187 Å². The molecule has 0 saturated carbocycles. The number of rotatable bonds is 8. The van der Waals surface area contributed by atoms with Crippen LogP contribution in [0.25, 0.3) is 0 Å². The zero-order chi connectivity index (χ0) is 23.3. The molecule has 0 heterocycles. The van der Waals surface area contributed by atoms with Crippen LogP contribution < -0.4 is 14.4 Å². The molecule has 0 aliphatic rings. The summed E-state index contributed by atoms with van der Waals surface area (Å²) in [5, 5.41) is 2.87. The highest BCUT2D eigenvalue weighted by Gasteiger charge is 2.21. The number of aryl methyl sites for hydroxylation is 1. The highest BCUT2D eigenvalue weighted by molar-refractivity contribution is 7.92. The molecule has 1 N–H and O–H groups in total. The van der Waals surface area contributed by atoms with E-state index in [0.717, 1.165) is 21.7 Å². The summed E-state index contributed by atoms with van der Waals surface area (Å²) >= 11 is 0. The maximum absolute atomic E-state index is 13.3. The number of nitrogens with zero attached hydrogens (tertiary/aromatic N) is 1. The number of halogens is 1. The topological polar surface area (TPSA) is 75.7 Å². The lowest BCUT2D eigenvalue weighted by Crippen LogP contribution is -2.30. The molecule has 0 saturated heterocycles. The molecule has 0 aromatic heterocycles. The van der Waals surface area contributed by atoms with Crippen LogP contribution in [-0.2, 0) is 23.1 Å². The minimum Gasteiger partial charge on any atom is -0.496 e. The van der Waals surface area contributed by atoms with Crippen LogP contribution in [0.4, 0.5) is 10.1 Å². The number of hydrogen-bond donors (Lipinski definition) is 1. The maximum atomic E-state index is 13.3. The first-order chi connectivity index (χ1) is 15.2. The van der Waals surface area contributed by atoms with Gasteiger partial charge in [-0.25, -0.2) is 12.8 Å². The lowest BCUT2D eigenvalue weighted by molar-refractivity contribution is 0.0950. The van der Waals surface area contributed by atoms with Crippen molar-refractivity contribution in [1.82, 2.24) is 5.32 Å². The highest BCUT2D eigenvalue weighted by atomic mass is 32.2. The van der Waals surface area contributed by atoms with Crippen LogP contribution in [0.2, 0.25) is 0 Å². The third kappa shape index (κ3) is 5.85. The van der Waals surface area contributed by atoms with E-state index in [1.54, 1.807) is 18.2 Å². The molecular weight excluding hydrogens is 431 g/mol. The number of sulfonamides is 1. The normalized spacial score (nSPS) is 11.1. The second kappa shape index (κ2) is 9.82. The van der Waals surface area contributed by atoms with Gasteiger partial charge in [0.1, 0.15) is 11.6 Å². The summed E-state index contributed by atoms with van der Waals surface area (Å²) in [6, 6.07) is 17.9. The lowest BCUT2D eigenvalue weighted by Gasteiger charge is -2.24. The zero-order valence-corrected chi connectivity index (χ0v) is 18.9. The smallest absolute Gasteiger partial charge is 0.251 e. The summed E-state index contributed by atoms with van der Waals surface area (Å²) in [7, 11) is -2.21. The van der Waals surface area contributed by atoms with Gasteiger partial charge in [-0.1, -0.05) is 29.8 Å². The highest BCUT2D eigenvalue weighted by Crippen LogP contribution is 2.26. The first-order valence-electron chi connectivity index (χ1n) is 9.91. The summed E-state index contributed by atoms with van der Waals surface area (Å²) in [5.41, 5.74) is 3.30. The van der Waals surface area contributed by atoms with Crippen molar-refractivity contribution >= 4 is 21.6 Å². The van der Waals surface area contributed by atoms with E-state index in [2.05, 4.69) is 5.32 Å². The predicted octanol–water partition coefficient (Wildman–Crippen LogP) is 4.04. The molecule has 32 heavy (non-hydrogen) atoms. The van der Waals surface area contributed by atoms with E-state index < -0.39 is 15.8 Å². The summed E-state index contributed by atoms with van der Waals surface area (Å²) in [6.07, 6.45) is 1.07. The first kappa shape index (κ1) is 23.3. The van der Waals surface area contributed by atoms with Crippen LogP contribution in [-0.4, -0.2) is 27.7 Å². The van der Waals surface area contributed by atoms with Crippen molar-refractivity contribution in [2.24, 2.45) is 0 Å². The molecule has 0 spiro atoms. The van der Waals surface area contributed by atoms with Crippen molar-refractivity contribution in [1.29, 1.82) is 0 Å². The summed E-state index contributed by atoms with van der Waals surface area (Å²) < 4.78 is 44.7. The van der Waals surface area contributed by atoms with E-state index in [0.29, 0.717) is 29.1 Å². The second-order valence-electron chi connectivity index (χ2n) is 7.44. The molecule has 168 valence electrons. The second-order valence-corrected chi connectivity index (χ2v) is 9.35. The number of benzene rings is 3. The van der Waals surface area contributed by atoms with Gasteiger partial charge in [0, 0.05) is 17.7 Å². The number of methoxy groups -OCH3 is 1. The van der Waals surface area contributed by atoms with Crippen molar-refractivity contribution in [2.45, 2.75) is 20.0 Å². The number of anilines is 1. The van der Waals surface area contributed by atoms with E-state index in [1.165, 1.54) is 31.4 Å². The van der Waals surface area contributed by atoms with Crippen LogP contribution in [0, 0.1) is 12.7 Å². The third-order valence-corrected chi connectivity index (χ3v) is 6.09. The average Bonchev–Trinajstić information content (AvgIpc) is 2.76. The molecule has 3 aromatic carbocycles. The lowest BCUT2D eigenvalue weighted by atomic mass is 10.1. The Morgan fingerprint density at radius 1 is 1.03 bits per heavy atom. The van der Waals surface area contributed by atoms with Gasteiger partial charge in [-0.2, -0.15) is 0 Å². The number of amides is 1. The van der Waals surface area contributed by atoms with Gasteiger partial charge in [0.15, 0.2) is 0 Å². The van der Waals surface area contributed by atoms with Gasteiger partial charge in [0.05, 0.1) is 25.6 Å². The van der Waals surface area contributed by atoms with Crippen LogP contribution in [0.15, 0.2) is 66.7 Å². The number of carbonyl (C=O) groups is 1. The van der Waals surface area contributed by atoms with Crippen molar-refractivity contribution in [2.75, 3.05) is 17.7 Å². The predicted molar refractivity (Wildman–Crippen MR) is 123 cm³/mol. The van der Waals surface area contributed by atoms with Crippen LogP contribution in [0.3, 0.4) is 0 Å². The SMILES string of the molecule is COc1ccc(C(=O)NCc2ccc(C)cc2)cc1CN(c1ccc(F)cc1)S(C)(=O)=O. The molecule has 0 aliphatic carbocycles. The molecule has 6 nitrogen and oxygen atoms in total. The Morgan fingerprint density at radius 3 is 2.28 bits per heavy atom. The summed E-state index contributed by atoms with van der Waals surface area (Å²) in [5.74, 6) is -0.315. The van der Waals surface area contributed by atoms with E-state index in [-0.39, 0.29) is 12.5 Å². The maximum Gasteiger partial charge on any atom is 0.251 e. The van der Waals surface area contributed by atoms with Crippen molar-refractivity contribution in [3.8, 4) is 5.75 Å². The number of ether oxygens (including phenoxy) is 1. The fraction of sp³-hybridized carbons (Fsp3) is 0.208. The standard InChI is InChI=1S/C24H25FN2O4S/c1-17-4-6-18(7-5-17)15-26-24(28)19-8-13-23(31-2)20(14-19)16-27(32(3,29)30)22-11-9-21(25)10-12-22/h4-14H,15-16H2,1-3H3,(H,26,28). The number of hydrogen-bond acceptors (Lipinski definition) is 4. The Bertz CT molecular complexity index is 1190. The Hall–Kier alpha value is -3.39. The van der Waals surface area contributed by atoms with E-state index in [4.69, 9.17) is 4.74 Å². The number of carbonyl (C=O) groups excluding carboxylic acids is 1. The van der Waals surface area contributed by atoms with E-state index in [1.807, 2.05) is 31.2 Å². The molecule has 3 aromatic rings. The summed E-state index contributed by atoms with van der Waals surface area (Å²) in [4.78, 5) is 12.7. The van der Waals surface area contributed by atoms with Crippen molar-refractivity contribution in [3.63, 3.8) is 0 Å². The molecule has 0 atom stereocenters. The Balaban J connectivity index is 1.85. The van der Waals surface area contributed by atoms with Crippen LogP contribution in [0.5, 0.6) is 5.75 Å². The van der Waals surface area contributed by atoms with E-state index in [9.17, 15) is 17.6 Å². The van der Waals surface area contributed by atoms with Gasteiger partial charge in [-0.3, -0.25) is 9.10 Å². The molecule has 0 aliphatic heterocycles. The van der Waals surface area contributed by atoms with Gasteiger partial charge in [-0.15, -0.1) is 0 Å². The fourth-order valence-corrected chi connectivity index (χ4v) is 4.07. The average molecular weight is 457 g/mol. The van der Waals surface area contributed by atoms with Gasteiger partial charge in [0.25, 0.3) is 5.91 Å². The minimum atomic E-state index is -3.68. The van der Waals surface area contributed by atoms with Gasteiger partial charge >= 0.3 is 0 Å². The molecule has 0 radical (unpaired) electrons. The van der Waals surface area contributed by atoms with Gasteiger partial charge < -0.3 is 10.1 Å². The molecule has 0 bridgehead atoms. The summed E-state index contributed by atoms with van der Waals surface area (Å²) in [6.45, 7) is 2.28. The Kier molecular flexibility index (Phi) is 7.15. The molecule has 0 unspecified atom stereocenters. The molecule has 8 heteroatoms. The van der Waals surface area contributed by atoms with Crippen LogP contribution >= 0.6 is 0 Å². The fourth-order valence-electron chi connectivity index (χ4n) is 3.20. The molecular formula is C24H25FN2O4S. The number of nitrogens with one attached hydrogen (secondary N) is 1. The van der Waals surface area contributed by atoms with Crippen LogP contribution in [0.1, 0.15) is 27.0 Å². The zero-order valence-electron chi connectivity index (χ0n) is 18.1. The van der Waals surface area contributed by atoms with Crippen molar-refractivity contribution in [3.05, 3.63) is 94.8 Å². The third-order valence-electron chi connectivity index (χ3n) is 4.95. The van der Waals surface area contributed by atoms with E-state index >= 15 is 0 Å². The quantitative estimate of drug-likeness (QED) is 0.555. The molecule has 1 amide bonds. The van der Waals surface area contributed by atoms with Gasteiger partial charge in [0.2, 0.25) is 10.0 Å². The Morgan fingerprint density at radius 2 is 1.69 bits per heavy atom. The monoisotopic (exact) mass is 456 g/mol. The van der Waals surface area contributed by atoms with Gasteiger partial charge in [-0.05, 0) is 55.0 Å². The molecule has 3 rings (SSSR count). The first-order valence-corrected chi connectivity index (χ1v) is 11.8.